The van der Waals surface area contributed by atoms with Gasteiger partial charge in [-0.25, -0.2) is 0 Å². The summed E-state index contributed by atoms with van der Waals surface area (Å²) in [4.78, 5) is 13.0. The summed E-state index contributed by atoms with van der Waals surface area (Å²) in [5.74, 6) is -0.759. The Labute approximate surface area is 105 Å². The van der Waals surface area contributed by atoms with E-state index in [2.05, 4.69) is 0 Å². The highest BCUT2D eigenvalue weighted by atomic mass is 35.5. The molecule has 0 aromatic carbocycles. The summed E-state index contributed by atoms with van der Waals surface area (Å²) >= 11 is 7.34. The van der Waals surface area contributed by atoms with Gasteiger partial charge in [0, 0.05) is 13.6 Å². The first-order valence-electron chi connectivity index (χ1n) is 5.03. The average molecular weight is 262 g/mol. The van der Waals surface area contributed by atoms with Crippen LogP contribution in [-0.2, 0) is 4.79 Å². The molecule has 16 heavy (non-hydrogen) atoms. The van der Waals surface area contributed by atoms with Crippen LogP contribution in [0.5, 0.6) is 0 Å². The molecule has 0 aliphatic heterocycles. The van der Waals surface area contributed by atoms with Crippen LogP contribution in [0.25, 0.3) is 0 Å². The van der Waals surface area contributed by atoms with Crippen LogP contribution >= 0.6 is 22.9 Å². The lowest BCUT2D eigenvalue weighted by atomic mass is 9.89. The van der Waals surface area contributed by atoms with Gasteiger partial charge in [0.15, 0.2) is 0 Å². The Morgan fingerprint density at radius 3 is 2.62 bits per heavy atom. The molecule has 1 heterocycles. The van der Waals surface area contributed by atoms with Crippen molar-refractivity contribution in [2.75, 3.05) is 18.5 Å². The van der Waals surface area contributed by atoms with Gasteiger partial charge in [0.25, 0.3) is 0 Å². The Balaban J connectivity index is 2.53. The Morgan fingerprint density at radius 2 is 2.19 bits per heavy atom. The van der Waals surface area contributed by atoms with Crippen molar-refractivity contribution in [1.82, 2.24) is 0 Å². The minimum atomic E-state index is -0.759. The van der Waals surface area contributed by atoms with E-state index >= 15 is 0 Å². The molecular formula is C11H16ClNO2S. The molecule has 0 spiro atoms. The second kappa shape index (κ2) is 5.06. The van der Waals surface area contributed by atoms with E-state index in [1.807, 2.05) is 24.1 Å². The van der Waals surface area contributed by atoms with E-state index in [0.29, 0.717) is 13.0 Å². The first-order valence-corrected chi connectivity index (χ1v) is 6.22. The van der Waals surface area contributed by atoms with Gasteiger partial charge in [-0.15, -0.1) is 11.3 Å². The third kappa shape index (κ3) is 3.39. The maximum absolute atomic E-state index is 10.9. The number of rotatable bonds is 5. The zero-order chi connectivity index (χ0) is 12.3. The van der Waals surface area contributed by atoms with Crippen LogP contribution in [0.1, 0.15) is 20.3 Å². The molecule has 1 aromatic heterocycles. The van der Waals surface area contributed by atoms with Crippen LogP contribution in [0.3, 0.4) is 0 Å². The minimum Gasteiger partial charge on any atom is -0.481 e. The molecule has 1 N–H and O–H groups in total. The smallest absolute Gasteiger partial charge is 0.309 e. The molecule has 0 saturated carbocycles. The van der Waals surface area contributed by atoms with Gasteiger partial charge in [-0.1, -0.05) is 11.6 Å². The summed E-state index contributed by atoms with van der Waals surface area (Å²) in [6.07, 6.45) is 0.606. The van der Waals surface area contributed by atoms with Crippen LogP contribution in [0, 0.1) is 5.41 Å². The molecule has 1 aromatic rings. The molecule has 0 atom stereocenters. The molecule has 0 unspecified atom stereocenters. The highest BCUT2D eigenvalue weighted by molar-refractivity contribution is 7.19. The highest BCUT2D eigenvalue weighted by Crippen LogP contribution is 2.30. The van der Waals surface area contributed by atoms with Gasteiger partial charge in [-0.2, -0.15) is 0 Å². The van der Waals surface area contributed by atoms with Gasteiger partial charge in [0.1, 0.15) is 0 Å². The summed E-state index contributed by atoms with van der Waals surface area (Å²) in [5.41, 5.74) is -0.685. The third-order valence-corrected chi connectivity index (χ3v) is 3.93. The van der Waals surface area contributed by atoms with Crippen molar-refractivity contribution in [3.05, 3.63) is 16.5 Å². The number of hydrogen-bond acceptors (Lipinski definition) is 3. The normalized spacial score (nSPS) is 11.5. The van der Waals surface area contributed by atoms with Gasteiger partial charge in [-0.3, -0.25) is 4.79 Å². The SMILES string of the molecule is CN(CCC(C)(C)C(=O)O)c1ccc(Cl)s1. The van der Waals surface area contributed by atoms with Gasteiger partial charge >= 0.3 is 5.97 Å². The molecule has 0 aliphatic rings. The third-order valence-electron chi connectivity index (χ3n) is 2.59. The molecule has 1 rings (SSSR count). The largest absolute Gasteiger partial charge is 0.481 e. The van der Waals surface area contributed by atoms with Crippen molar-refractivity contribution in [1.29, 1.82) is 0 Å². The van der Waals surface area contributed by atoms with Gasteiger partial charge in [0.2, 0.25) is 0 Å². The zero-order valence-electron chi connectivity index (χ0n) is 9.66. The predicted octanol–water partition coefficient (Wildman–Crippen LogP) is 3.34. The fourth-order valence-corrected chi connectivity index (χ4v) is 2.19. The Morgan fingerprint density at radius 1 is 1.56 bits per heavy atom. The Kier molecular flexibility index (Phi) is 4.21. The molecule has 0 aliphatic carbocycles. The Hall–Kier alpha value is -0.740. The molecule has 90 valence electrons. The topological polar surface area (TPSA) is 40.5 Å². The van der Waals surface area contributed by atoms with Crippen molar-refractivity contribution >= 4 is 33.9 Å². The Bertz CT molecular complexity index is 376. The average Bonchev–Trinajstić information content (AvgIpc) is 2.61. The summed E-state index contributed by atoms with van der Waals surface area (Å²) in [6.45, 7) is 4.19. The minimum absolute atomic E-state index is 0.606. The lowest BCUT2D eigenvalue weighted by molar-refractivity contribution is -0.147. The van der Waals surface area contributed by atoms with Crippen molar-refractivity contribution in [2.45, 2.75) is 20.3 Å². The molecule has 5 heteroatoms. The van der Waals surface area contributed by atoms with Crippen LogP contribution in [0.2, 0.25) is 4.34 Å². The number of nitrogens with zero attached hydrogens (tertiary/aromatic N) is 1. The maximum Gasteiger partial charge on any atom is 0.309 e. The van der Waals surface area contributed by atoms with Crippen LogP contribution in [0.4, 0.5) is 5.00 Å². The first-order chi connectivity index (χ1) is 7.33. The van der Waals surface area contributed by atoms with E-state index in [9.17, 15) is 4.79 Å². The van der Waals surface area contributed by atoms with Crippen LogP contribution in [-0.4, -0.2) is 24.7 Å². The summed E-state index contributed by atoms with van der Waals surface area (Å²) < 4.78 is 0.749. The van der Waals surface area contributed by atoms with E-state index < -0.39 is 11.4 Å². The van der Waals surface area contributed by atoms with Gasteiger partial charge in [0.05, 0.1) is 14.8 Å². The number of carboxylic acid groups (broad SMARTS) is 1. The fourth-order valence-electron chi connectivity index (χ4n) is 1.17. The number of halogens is 1. The quantitative estimate of drug-likeness (QED) is 0.884. The number of carbonyl (C=O) groups is 1. The molecular weight excluding hydrogens is 246 g/mol. The zero-order valence-corrected chi connectivity index (χ0v) is 11.2. The molecule has 0 bridgehead atoms. The molecule has 0 saturated heterocycles. The van der Waals surface area contributed by atoms with Gasteiger partial charge in [-0.05, 0) is 32.4 Å². The monoisotopic (exact) mass is 261 g/mol. The van der Waals surface area contributed by atoms with E-state index in [0.717, 1.165) is 9.34 Å². The molecule has 3 nitrogen and oxygen atoms in total. The van der Waals surface area contributed by atoms with Crippen molar-refractivity contribution < 1.29 is 9.90 Å². The number of carboxylic acids is 1. The lowest BCUT2D eigenvalue weighted by Gasteiger charge is -2.23. The first kappa shape index (κ1) is 13.3. The summed E-state index contributed by atoms with van der Waals surface area (Å²) in [7, 11) is 1.94. The highest BCUT2D eigenvalue weighted by Gasteiger charge is 2.27. The van der Waals surface area contributed by atoms with E-state index in [1.165, 1.54) is 11.3 Å². The number of aliphatic carboxylic acids is 1. The maximum atomic E-state index is 10.9. The van der Waals surface area contributed by atoms with E-state index in [-0.39, 0.29) is 0 Å². The second-order valence-electron chi connectivity index (χ2n) is 4.44. The van der Waals surface area contributed by atoms with E-state index in [1.54, 1.807) is 13.8 Å². The fraction of sp³-hybridized carbons (Fsp3) is 0.545. The van der Waals surface area contributed by atoms with Crippen molar-refractivity contribution in [2.24, 2.45) is 5.41 Å². The summed E-state index contributed by atoms with van der Waals surface area (Å²) in [6, 6.07) is 3.79. The predicted molar refractivity (Wildman–Crippen MR) is 68.6 cm³/mol. The van der Waals surface area contributed by atoms with Crippen molar-refractivity contribution in [3.63, 3.8) is 0 Å². The number of thiophene rings is 1. The summed E-state index contributed by atoms with van der Waals surface area (Å²) in [5, 5.41) is 10.1. The van der Waals surface area contributed by atoms with Crippen molar-refractivity contribution in [3.8, 4) is 0 Å². The molecule has 0 radical (unpaired) electrons. The van der Waals surface area contributed by atoms with Crippen LogP contribution in [0.15, 0.2) is 12.1 Å². The second-order valence-corrected chi connectivity index (χ2v) is 6.13. The van der Waals surface area contributed by atoms with Gasteiger partial charge < -0.3 is 10.0 Å². The van der Waals surface area contributed by atoms with E-state index in [4.69, 9.17) is 16.7 Å². The standard InChI is InChI=1S/C11H16ClNO2S/c1-11(2,10(14)15)6-7-13(3)9-5-4-8(12)16-9/h4-5H,6-7H2,1-3H3,(H,14,15). The molecule has 0 amide bonds. The van der Waals surface area contributed by atoms with Crippen LogP contribution < -0.4 is 4.90 Å². The lowest BCUT2D eigenvalue weighted by Crippen LogP contribution is -2.29. The molecule has 0 fully saturated rings. The number of anilines is 1. The number of hydrogen-bond donors (Lipinski definition) is 1.